The second-order valence-electron chi connectivity index (χ2n) is 7.15. The molecule has 0 spiro atoms. The van der Waals surface area contributed by atoms with Crippen molar-refractivity contribution in [2.24, 2.45) is 5.92 Å². The Balaban J connectivity index is 1.36. The molecule has 1 aromatic heterocycles. The second kappa shape index (κ2) is 7.80. The van der Waals surface area contributed by atoms with Crippen molar-refractivity contribution >= 4 is 17.8 Å². The molecule has 0 radical (unpaired) electrons. The van der Waals surface area contributed by atoms with Crippen LogP contribution in [0.5, 0.6) is 0 Å². The van der Waals surface area contributed by atoms with E-state index in [1.807, 2.05) is 49.4 Å². The highest BCUT2D eigenvalue weighted by molar-refractivity contribution is 5.42. The van der Waals surface area contributed by atoms with Crippen LogP contribution in [-0.4, -0.2) is 21.5 Å². The van der Waals surface area contributed by atoms with Crippen LogP contribution in [0.15, 0.2) is 54.6 Å². The van der Waals surface area contributed by atoms with Crippen LogP contribution < -0.4 is 16.4 Å². The van der Waals surface area contributed by atoms with Gasteiger partial charge >= 0.3 is 0 Å². The van der Waals surface area contributed by atoms with Gasteiger partial charge in [0.05, 0.1) is 6.04 Å². The lowest BCUT2D eigenvalue weighted by atomic mass is 10.1. The molecule has 1 aliphatic carbocycles. The van der Waals surface area contributed by atoms with Gasteiger partial charge in [0.25, 0.3) is 0 Å². The van der Waals surface area contributed by atoms with Crippen LogP contribution in [0.1, 0.15) is 36.4 Å². The maximum Gasteiger partial charge on any atom is 0.229 e. The lowest BCUT2D eigenvalue weighted by molar-refractivity contribution is 0.627. The Morgan fingerprint density at radius 2 is 1.75 bits per heavy atom. The molecule has 0 amide bonds. The molecule has 7 heteroatoms. The predicted molar refractivity (Wildman–Crippen MR) is 108 cm³/mol. The van der Waals surface area contributed by atoms with Gasteiger partial charge in [-0.2, -0.15) is 15.0 Å². The Labute approximate surface area is 163 Å². The quantitative estimate of drug-likeness (QED) is 0.576. The Kier molecular flexibility index (Phi) is 5.06. The van der Waals surface area contributed by atoms with Gasteiger partial charge < -0.3 is 16.4 Å². The monoisotopic (exact) mass is 378 g/mol. The summed E-state index contributed by atoms with van der Waals surface area (Å²) < 4.78 is 13.1. The van der Waals surface area contributed by atoms with Gasteiger partial charge in [0.1, 0.15) is 5.82 Å². The molecule has 28 heavy (non-hydrogen) atoms. The number of anilines is 3. The summed E-state index contributed by atoms with van der Waals surface area (Å²) in [5.74, 6) is 1.79. The van der Waals surface area contributed by atoms with Crippen molar-refractivity contribution in [1.29, 1.82) is 0 Å². The van der Waals surface area contributed by atoms with Gasteiger partial charge in [-0.15, -0.1) is 0 Å². The highest BCUT2D eigenvalue weighted by Gasteiger charge is 2.38. The molecule has 4 rings (SSSR count). The zero-order valence-corrected chi connectivity index (χ0v) is 15.6. The molecular formula is C21H23FN6. The number of nitrogens with one attached hydrogen (secondary N) is 2. The molecule has 0 saturated heterocycles. The van der Waals surface area contributed by atoms with Crippen molar-refractivity contribution in [3.63, 3.8) is 0 Å². The van der Waals surface area contributed by atoms with Crippen molar-refractivity contribution in [3.8, 4) is 0 Å². The fourth-order valence-electron chi connectivity index (χ4n) is 3.37. The van der Waals surface area contributed by atoms with Crippen LogP contribution in [0.3, 0.4) is 0 Å². The first kappa shape index (κ1) is 18.2. The smallest absolute Gasteiger partial charge is 0.229 e. The van der Waals surface area contributed by atoms with Gasteiger partial charge in [0.2, 0.25) is 17.8 Å². The normalized spacial score (nSPS) is 19.1. The van der Waals surface area contributed by atoms with E-state index in [1.54, 1.807) is 0 Å². The molecule has 0 unspecified atom stereocenters. The lowest BCUT2D eigenvalue weighted by Gasteiger charge is -2.15. The number of aromatic nitrogens is 3. The van der Waals surface area contributed by atoms with Crippen molar-refractivity contribution in [1.82, 2.24) is 15.0 Å². The number of nitrogens with zero attached hydrogens (tertiary/aromatic N) is 3. The summed E-state index contributed by atoms with van der Waals surface area (Å²) in [4.78, 5) is 12.8. The second-order valence-corrected chi connectivity index (χ2v) is 7.15. The van der Waals surface area contributed by atoms with Crippen molar-refractivity contribution in [2.45, 2.75) is 25.3 Å². The number of nitrogen functional groups attached to an aromatic ring is 1. The molecule has 2 aromatic carbocycles. The van der Waals surface area contributed by atoms with E-state index in [0.717, 1.165) is 18.5 Å². The van der Waals surface area contributed by atoms with E-state index in [9.17, 15) is 4.39 Å². The Morgan fingerprint density at radius 1 is 1.04 bits per heavy atom. The maximum atomic E-state index is 13.1. The number of halogens is 1. The summed E-state index contributed by atoms with van der Waals surface area (Å²) in [7, 11) is 0. The summed E-state index contributed by atoms with van der Waals surface area (Å²) >= 11 is 0. The van der Waals surface area contributed by atoms with E-state index in [0.29, 0.717) is 23.7 Å². The number of rotatable bonds is 7. The van der Waals surface area contributed by atoms with Crippen LogP contribution in [0, 0.1) is 11.7 Å². The van der Waals surface area contributed by atoms with E-state index in [4.69, 9.17) is 5.73 Å². The third kappa shape index (κ3) is 4.36. The number of hydrogen-bond acceptors (Lipinski definition) is 6. The van der Waals surface area contributed by atoms with Crippen molar-refractivity contribution in [2.75, 3.05) is 22.9 Å². The van der Waals surface area contributed by atoms with Gasteiger partial charge in [0.15, 0.2) is 0 Å². The van der Waals surface area contributed by atoms with Crippen LogP contribution in [-0.2, 0) is 0 Å². The third-order valence-corrected chi connectivity index (χ3v) is 5.04. The van der Waals surface area contributed by atoms with Gasteiger partial charge in [-0.1, -0.05) is 42.5 Å². The topological polar surface area (TPSA) is 88.8 Å². The molecule has 1 fully saturated rings. The van der Waals surface area contributed by atoms with Crippen LogP contribution in [0.2, 0.25) is 0 Å². The summed E-state index contributed by atoms with van der Waals surface area (Å²) in [5, 5.41) is 6.52. The number of nitrogens with two attached hydrogens (primary N) is 1. The third-order valence-electron chi connectivity index (χ3n) is 5.04. The Morgan fingerprint density at radius 3 is 2.50 bits per heavy atom. The fourth-order valence-corrected chi connectivity index (χ4v) is 3.37. The molecule has 0 aliphatic heterocycles. The van der Waals surface area contributed by atoms with E-state index in [-0.39, 0.29) is 17.8 Å². The molecule has 6 nitrogen and oxygen atoms in total. The first-order valence-corrected chi connectivity index (χ1v) is 9.41. The molecule has 144 valence electrons. The van der Waals surface area contributed by atoms with E-state index < -0.39 is 0 Å². The molecule has 1 heterocycles. The van der Waals surface area contributed by atoms with Crippen LogP contribution in [0.25, 0.3) is 0 Å². The summed E-state index contributed by atoms with van der Waals surface area (Å²) in [5.41, 5.74) is 8.15. The molecule has 3 aromatic rings. The average Bonchev–Trinajstić information content (AvgIpc) is 3.47. The summed E-state index contributed by atoms with van der Waals surface area (Å²) in [6, 6.07) is 16.8. The molecular weight excluding hydrogens is 355 g/mol. The van der Waals surface area contributed by atoms with Crippen molar-refractivity contribution in [3.05, 3.63) is 71.5 Å². The van der Waals surface area contributed by atoms with Gasteiger partial charge in [-0.25, -0.2) is 4.39 Å². The van der Waals surface area contributed by atoms with E-state index in [1.165, 1.54) is 17.7 Å². The Bertz CT molecular complexity index is 931. The largest absolute Gasteiger partial charge is 0.368 e. The minimum Gasteiger partial charge on any atom is -0.368 e. The molecule has 1 aliphatic rings. The van der Waals surface area contributed by atoms with Crippen LogP contribution in [0.4, 0.5) is 22.2 Å². The minimum atomic E-state index is -0.204. The first-order valence-electron chi connectivity index (χ1n) is 9.41. The standard InChI is InChI=1S/C21H23FN6/c1-13(14-5-3-2-4-6-14)25-21-27-19(23)26-20(28-21)24-12-16-11-18(16)15-7-9-17(22)10-8-15/h2-10,13,16,18H,11-12H2,1H3,(H4,23,24,25,26,27,28)/t13-,16+,18+/m0/s1. The first-order chi connectivity index (χ1) is 13.6. The molecule has 4 N–H and O–H groups in total. The Hall–Kier alpha value is -3.22. The SMILES string of the molecule is C[C@H](Nc1nc(N)nc(NC[C@H]2C[C@@H]2c2ccc(F)cc2)n1)c1ccccc1. The van der Waals surface area contributed by atoms with Gasteiger partial charge in [-0.3, -0.25) is 0 Å². The zero-order chi connectivity index (χ0) is 19.5. The minimum absolute atomic E-state index is 0.0436. The van der Waals surface area contributed by atoms with E-state index in [2.05, 4.69) is 25.6 Å². The molecule has 0 bridgehead atoms. The summed E-state index contributed by atoms with van der Waals surface area (Å²) in [6.45, 7) is 2.78. The van der Waals surface area contributed by atoms with Crippen LogP contribution >= 0.6 is 0 Å². The predicted octanol–water partition coefficient (Wildman–Crippen LogP) is 3.98. The number of benzene rings is 2. The lowest BCUT2D eigenvalue weighted by Crippen LogP contribution is -2.14. The van der Waals surface area contributed by atoms with Crippen molar-refractivity contribution < 1.29 is 4.39 Å². The fraction of sp³-hybridized carbons (Fsp3) is 0.286. The molecule has 3 atom stereocenters. The van der Waals surface area contributed by atoms with E-state index >= 15 is 0 Å². The van der Waals surface area contributed by atoms with Gasteiger partial charge in [0, 0.05) is 6.54 Å². The maximum absolute atomic E-state index is 13.1. The highest BCUT2D eigenvalue weighted by atomic mass is 19.1. The highest BCUT2D eigenvalue weighted by Crippen LogP contribution is 2.47. The summed E-state index contributed by atoms with van der Waals surface area (Å²) in [6.07, 6.45) is 1.06. The average molecular weight is 378 g/mol. The zero-order valence-electron chi connectivity index (χ0n) is 15.6. The van der Waals surface area contributed by atoms with Gasteiger partial charge in [-0.05, 0) is 48.4 Å². The molecule has 1 saturated carbocycles. The number of hydrogen-bond donors (Lipinski definition) is 3.